The molecule has 1 aromatic rings. The van der Waals surface area contributed by atoms with Gasteiger partial charge < -0.3 is 10.5 Å². The van der Waals surface area contributed by atoms with Crippen molar-refractivity contribution in [3.8, 4) is 5.75 Å². The number of hydrogen-bond acceptors (Lipinski definition) is 3. The van der Waals surface area contributed by atoms with Crippen molar-refractivity contribution < 1.29 is 4.74 Å². The molecule has 0 bridgehead atoms. The Morgan fingerprint density at radius 2 is 2.42 bits per heavy atom. The van der Waals surface area contributed by atoms with Crippen molar-refractivity contribution in [1.82, 2.24) is 4.98 Å². The number of aromatic nitrogens is 1. The fraction of sp³-hybridized carbons (Fsp3) is 0.375. The largest absolute Gasteiger partial charge is 0.489 e. The summed E-state index contributed by atoms with van der Waals surface area (Å²) in [5.74, 6) is 0.629. The molecule has 1 aromatic heterocycles. The molecule has 0 radical (unpaired) electrons. The number of halogens is 1. The molecule has 66 valence electrons. The minimum atomic E-state index is 0.465. The minimum absolute atomic E-state index is 0.465. The number of pyridine rings is 1. The normalized spacial score (nSPS) is 9.92. The van der Waals surface area contributed by atoms with Gasteiger partial charge >= 0.3 is 0 Å². The van der Waals surface area contributed by atoms with Crippen LogP contribution in [0.2, 0.25) is 5.02 Å². The molecule has 0 unspecified atom stereocenters. The standard InChI is InChI=1S/C8H11ClN2O/c1-6-8(12-5-3-10)7(9)2-4-11-6/h2,4H,3,5,10H2,1H3. The Hall–Kier alpha value is -0.800. The quantitative estimate of drug-likeness (QED) is 0.776. The lowest BCUT2D eigenvalue weighted by atomic mass is 10.3. The Kier molecular flexibility index (Phi) is 3.31. The molecule has 0 aromatic carbocycles. The number of rotatable bonds is 3. The fourth-order valence-electron chi connectivity index (χ4n) is 0.856. The number of nitrogens with zero attached hydrogens (tertiary/aromatic N) is 1. The zero-order chi connectivity index (χ0) is 8.97. The van der Waals surface area contributed by atoms with Crippen LogP contribution in [0.1, 0.15) is 5.69 Å². The molecule has 0 saturated carbocycles. The second kappa shape index (κ2) is 4.28. The Labute approximate surface area is 76.5 Å². The van der Waals surface area contributed by atoms with Gasteiger partial charge in [-0.15, -0.1) is 0 Å². The Morgan fingerprint density at radius 1 is 1.67 bits per heavy atom. The second-order valence-electron chi connectivity index (χ2n) is 2.34. The molecule has 0 fully saturated rings. The van der Waals surface area contributed by atoms with Gasteiger partial charge in [-0.05, 0) is 13.0 Å². The SMILES string of the molecule is Cc1nccc(Cl)c1OCCN. The van der Waals surface area contributed by atoms with Crippen LogP contribution in [0, 0.1) is 6.92 Å². The number of aryl methyl sites for hydroxylation is 1. The summed E-state index contributed by atoms with van der Waals surface area (Å²) in [6.07, 6.45) is 1.65. The maximum absolute atomic E-state index is 5.86. The average molecular weight is 187 g/mol. The van der Waals surface area contributed by atoms with Crippen LogP contribution in [0.25, 0.3) is 0 Å². The fourth-order valence-corrected chi connectivity index (χ4v) is 1.10. The van der Waals surface area contributed by atoms with Crippen molar-refractivity contribution in [1.29, 1.82) is 0 Å². The molecule has 1 rings (SSSR count). The van der Waals surface area contributed by atoms with Crippen LogP contribution in [0.15, 0.2) is 12.3 Å². The van der Waals surface area contributed by atoms with Gasteiger partial charge in [0.15, 0.2) is 5.75 Å². The van der Waals surface area contributed by atoms with E-state index in [1.165, 1.54) is 0 Å². The van der Waals surface area contributed by atoms with Gasteiger partial charge in [-0.1, -0.05) is 11.6 Å². The van der Waals surface area contributed by atoms with Crippen LogP contribution in [0.5, 0.6) is 5.75 Å². The van der Waals surface area contributed by atoms with Gasteiger partial charge in [0.25, 0.3) is 0 Å². The number of ether oxygens (including phenoxy) is 1. The summed E-state index contributed by atoms with van der Waals surface area (Å²) in [5, 5.41) is 0.580. The molecule has 1 heterocycles. The molecule has 0 atom stereocenters. The lowest BCUT2D eigenvalue weighted by Gasteiger charge is -2.07. The third-order valence-electron chi connectivity index (χ3n) is 1.40. The highest BCUT2D eigenvalue weighted by atomic mass is 35.5. The van der Waals surface area contributed by atoms with Gasteiger partial charge in [0, 0.05) is 12.7 Å². The van der Waals surface area contributed by atoms with Gasteiger partial charge in [0.05, 0.1) is 10.7 Å². The van der Waals surface area contributed by atoms with Gasteiger partial charge in [0.1, 0.15) is 6.61 Å². The summed E-state index contributed by atoms with van der Waals surface area (Å²) < 4.78 is 5.30. The van der Waals surface area contributed by atoms with E-state index in [4.69, 9.17) is 22.1 Å². The van der Waals surface area contributed by atoms with Gasteiger partial charge in [-0.3, -0.25) is 4.98 Å². The lowest BCUT2D eigenvalue weighted by molar-refractivity contribution is 0.324. The van der Waals surface area contributed by atoms with Crippen LogP contribution in [-0.2, 0) is 0 Å². The monoisotopic (exact) mass is 186 g/mol. The Balaban J connectivity index is 2.81. The van der Waals surface area contributed by atoms with E-state index in [0.29, 0.717) is 23.9 Å². The molecule has 4 heteroatoms. The third-order valence-corrected chi connectivity index (χ3v) is 1.70. The van der Waals surface area contributed by atoms with Crippen LogP contribution >= 0.6 is 11.6 Å². The molecule has 12 heavy (non-hydrogen) atoms. The van der Waals surface area contributed by atoms with Crippen LogP contribution < -0.4 is 10.5 Å². The third kappa shape index (κ3) is 2.09. The zero-order valence-electron chi connectivity index (χ0n) is 6.88. The summed E-state index contributed by atoms with van der Waals surface area (Å²) in [6.45, 7) is 2.79. The zero-order valence-corrected chi connectivity index (χ0v) is 7.64. The van der Waals surface area contributed by atoms with Crippen LogP contribution in [0.4, 0.5) is 0 Å². The van der Waals surface area contributed by atoms with E-state index in [1.807, 2.05) is 6.92 Å². The maximum atomic E-state index is 5.86. The van der Waals surface area contributed by atoms with E-state index in [1.54, 1.807) is 12.3 Å². The minimum Gasteiger partial charge on any atom is -0.489 e. The lowest BCUT2D eigenvalue weighted by Crippen LogP contribution is -2.11. The topological polar surface area (TPSA) is 48.1 Å². The van der Waals surface area contributed by atoms with Crippen molar-refractivity contribution >= 4 is 11.6 Å². The molecule has 0 aliphatic carbocycles. The van der Waals surface area contributed by atoms with Crippen molar-refractivity contribution in [2.24, 2.45) is 5.73 Å². The summed E-state index contributed by atoms with van der Waals surface area (Å²) >= 11 is 5.86. The van der Waals surface area contributed by atoms with Crippen LogP contribution in [-0.4, -0.2) is 18.1 Å². The molecular formula is C8H11ClN2O. The van der Waals surface area contributed by atoms with E-state index in [2.05, 4.69) is 4.98 Å². The molecule has 2 N–H and O–H groups in total. The van der Waals surface area contributed by atoms with Gasteiger partial charge in [-0.25, -0.2) is 0 Å². The molecule has 0 saturated heterocycles. The summed E-state index contributed by atoms with van der Waals surface area (Å²) in [6, 6.07) is 1.69. The highest BCUT2D eigenvalue weighted by Crippen LogP contribution is 2.25. The van der Waals surface area contributed by atoms with E-state index in [0.717, 1.165) is 5.69 Å². The summed E-state index contributed by atoms with van der Waals surface area (Å²) in [7, 11) is 0. The molecule has 3 nitrogen and oxygen atoms in total. The highest BCUT2D eigenvalue weighted by molar-refractivity contribution is 6.32. The molecule has 0 aliphatic heterocycles. The first kappa shape index (κ1) is 9.29. The van der Waals surface area contributed by atoms with E-state index in [-0.39, 0.29) is 0 Å². The van der Waals surface area contributed by atoms with Crippen molar-refractivity contribution in [2.75, 3.05) is 13.2 Å². The Morgan fingerprint density at radius 3 is 3.00 bits per heavy atom. The summed E-state index contributed by atoms with van der Waals surface area (Å²) in [5.41, 5.74) is 6.08. The predicted octanol–water partition coefficient (Wildman–Crippen LogP) is 1.38. The van der Waals surface area contributed by atoms with Gasteiger partial charge in [-0.2, -0.15) is 0 Å². The summed E-state index contributed by atoms with van der Waals surface area (Å²) in [4.78, 5) is 4.04. The van der Waals surface area contributed by atoms with E-state index >= 15 is 0 Å². The molecule has 0 amide bonds. The van der Waals surface area contributed by atoms with Crippen molar-refractivity contribution in [2.45, 2.75) is 6.92 Å². The molecular weight excluding hydrogens is 176 g/mol. The van der Waals surface area contributed by atoms with E-state index in [9.17, 15) is 0 Å². The first-order chi connectivity index (χ1) is 5.75. The van der Waals surface area contributed by atoms with Crippen molar-refractivity contribution in [3.05, 3.63) is 23.0 Å². The second-order valence-corrected chi connectivity index (χ2v) is 2.75. The first-order valence-corrected chi connectivity index (χ1v) is 4.07. The predicted molar refractivity (Wildman–Crippen MR) is 48.5 cm³/mol. The van der Waals surface area contributed by atoms with E-state index < -0.39 is 0 Å². The van der Waals surface area contributed by atoms with Crippen LogP contribution in [0.3, 0.4) is 0 Å². The molecule has 0 aliphatic rings. The number of hydrogen-bond donors (Lipinski definition) is 1. The number of nitrogens with two attached hydrogens (primary N) is 1. The molecule has 0 spiro atoms. The smallest absolute Gasteiger partial charge is 0.159 e. The van der Waals surface area contributed by atoms with Gasteiger partial charge in [0.2, 0.25) is 0 Å². The van der Waals surface area contributed by atoms with Crippen molar-refractivity contribution in [3.63, 3.8) is 0 Å². The highest BCUT2D eigenvalue weighted by Gasteiger charge is 2.04. The average Bonchev–Trinajstić information content (AvgIpc) is 2.04. The Bertz CT molecular complexity index is 245. The first-order valence-electron chi connectivity index (χ1n) is 3.69. The maximum Gasteiger partial charge on any atom is 0.159 e.